The molecule has 0 unspecified atom stereocenters. The fraction of sp³-hybridized carbons (Fsp3) is 0.125. The molecule has 4 heteroatoms. The summed E-state index contributed by atoms with van der Waals surface area (Å²) in [5, 5.41) is 10.2. The van der Waals surface area contributed by atoms with Crippen LogP contribution in [0.5, 0.6) is 0 Å². The Hall–Kier alpha value is -2.16. The van der Waals surface area contributed by atoms with Crippen molar-refractivity contribution in [2.24, 2.45) is 4.99 Å². The number of aliphatic imine (C=N–C) groups is 1. The number of hydrogen-bond donors (Lipinski definition) is 0. The summed E-state index contributed by atoms with van der Waals surface area (Å²) in [5.41, 5.74) is 2.48. The number of aryl methyl sites for hydroxylation is 1. The van der Waals surface area contributed by atoms with E-state index in [-0.39, 0.29) is 0 Å². The normalized spacial score (nSPS) is 11.0. The minimum atomic E-state index is 0.532. The molecule has 0 N–H and O–H groups in total. The zero-order valence-corrected chi connectivity index (χ0v) is 12.3. The second kappa shape index (κ2) is 6.85. The highest BCUT2D eigenvalue weighted by Gasteiger charge is 2.15. The van der Waals surface area contributed by atoms with Crippen LogP contribution in [0, 0.1) is 6.92 Å². The van der Waals surface area contributed by atoms with Gasteiger partial charge in [-0.3, -0.25) is 0 Å². The van der Waals surface area contributed by atoms with Gasteiger partial charge in [-0.2, -0.15) is 10.4 Å². The molecule has 1 heterocycles. The van der Waals surface area contributed by atoms with E-state index in [2.05, 4.69) is 10.9 Å². The van der Waals surface area contributed by atoms with Gasteiger partial charge in [-0.05, 0) is 31.4 Å². The molecule has 1 aromatic carbocycles. The zero-order valence-electron chi connectivity index (χ0n) is 11.4. The molecule has 0 spiro atoms. The topological polar surface area (TPSA) is 38.5 Å². The van der Waals surface area contributed by atoms with E-state index in [1.807, 2.05) is 72.6 Å². The van der Waals surface area contributed by atoms with Crippen LogP contribution in [0.25, 0.3) is 11.1 Å². The van der Waals surface area contributed by atoms with Gasteiger partial charge in [0.2, 0.25) is 0 Å². The molecule has 0 aliphatic heterocycles. The Morgan fingerprint density at radius 1 is 1.20 bits per heavy atom. The predicted molar refractivity (Wildman–Crippen MR) is 86.5 cm³/mol. The molecule has 100 valence electrons. The summed E-state index contributed by atoms with van der Waals surface area (Å²) >= 11 is 1.47. The van der Waals surface area contributed by atoms with Gasteiger partial charge in [-0.15, -0.1) is 11.8 Å². The second-order valence-electron chi connectivity index (χ2n) is 4.21. The molecular weight excluding hydrogens is 266 g/mol. The summed E-state index contributed by atoms with van der Waals surface area (Å²) < 4.78 is 1.81. The highest BCUT2D eigenvalue weighted by atomic mass is 32.2. The Morgan fingerprint density at radius 3 is 2.55 bits per heavy atom. The molecule has 0 atom stereocenters. The number of thioether (sulfide) groups is 1. The Bertz CT molecular complexity index is 671. The Kier molecular flexibility index (Phi) is 4.88. The molecule has 2 rings (SSSR count). The number of benzene rings is 1. The van der Waals surface area contributed by atoms with Crippen molar-refractivity contribution in [3.05, 3.63) is 65.8 Å². The maximum atomic E-state index is 9.45. The molecular formula is C16H15N3S. The van der Waals surface area contributed by atoms with E-state index in [1.54, 1.807) is 0 Å². The van der Waals surface area contributed by atoms with Crippen LogP contribution < -0.4 is 4.57 Å². The monoisotopic (exact) mass is 281 g/mol. The largest absolute Gasteiger partial charge is 0.758 e. The fourth-order valence-corrected chi connectivity index (χ4v) is 2.30. The Balaban J connectivity index is 2.44. The van der Waals surface area contributed by atoms with Gasteiger partial charge in [0.05, 0.1) is 5.69 Å². The van der Waals surface area contributed by atoms with Crippen LogP contribution in [0.2, 0.25) is 0 Å². The highest BCUT2D eigenvalue weighted by Crippen LogP contribution is 2.16. The van der Waals surface area contributed by atoms with E-state index < -0.39 is 0 Å². The van der Waals surface area contributed by atoms with Crippen molar-refractivity contribution in [2.45, 2.75) is 6.92 Å². The third-order valence-corrected chi connectivity index (χ3v) is 3.37. The SMILES string of the molecule is CSC(=Nc1ccccc1)C(=C=[N-])[n+]1cccc(C)c1. The summed E-state index contributed by atoms with van der Waals surface area (Å²) in [4.78, 5) is 4.55. The molecule has 0 saturated carbocycles. The lowest BCUT2D eigenvalue weighted by Gasteiger charge is -2.03. The van der Waals surface area contributed by atoms with Crippen molar-refractivity contribution in [2.75, 3.05) is 6.26 Å². The van der Waals surface area contributed by atoms with Crippen LogP contribution in [-0.4, -0.2) is 17.2 Å². The van der Waals surface area contributed by atoms with Crippen LogP contribution >= 0.6 is 11.8 Å². The quantitative estimate of drug-likeness (QED) is 0.482. The van der Waals surface area contributed by atoms with Crippen molar-refractivity contribution >= 4 is 34.1 Å². The summed E-state index contributed by atoms with van der Waals surface area (Å²) in [5.74, 6) is 2.24. The first-order valence-electron chi connectivity index (χ1n) is 6.18. The van der Waals surface area contributed by atoms with E-state index in [4.69, 9.17) is 0 Å². The van der Waals surface area contributed by atoms with Crippen LogP contribution in [0.4, 0.5) is 5.69 Å². The average Bonchev–Trinajstić information content (AvgIpc) is 2.48. The lowest BCUT2D eigenvalue weighted by molar-refractivity contribution is -0.574. The van der Waals surface area contributed by atoms with Crippen LogP contribution in [-0.2, 0) is 0 Å². The van der Waals surface area contributed by atoms with Crippen molar-refractivity contribution in [3.63, 3.8) is 0 Å². The first kappa shape index (κ1) is 14.3. The number of aromatic nitrogens is 1. The molecule has 0 bridgehead atoms. The van der Waals surface area contributed by atoms with E-state index in [0.29, 0.717) is 10.7 Å². The number of rotatable bonds is 3. The van der Waals surface area contributed by atoms with E-state index in [1.165, 1.54) is 11.8 Å². The third-order valence-electron chi connectivity index (χ3n) is 2.70. The molecule has 1 aromatic heterocycles. The number of para-hydroxylation sites is 1. The maximum Gasteiger partial charge on any atom is 0.263 e. The van der Waals surface area contributed by atoms with Crippen LogP contribution in [0.3, 0.4) is 0 Å². The molecule has 0 amide bonds. The number of pyridine rings is 1. The fourth-order valence-electron chi connectivity index (χ4n) is 1.76. The van der Waals surface area contributed by atoms with Gasteiger partial charge in [0, 0.05) is 11.6 Å². The van der Waals surface area contributed by atoms with E-state index in [0.717, 1.165) is 11.3 Å². The van der Waals surface area contributed by atoms with Gasteiger partial charge < -0.3 is 5.41 Å². The maximum absolute atomic E-state index is 9.45. The van der Waals surface area contributed by atoms with Gasteiger partial charge in [0.15, 0.2) is 17.4 Å². The van der Waals surface area contributed by atoms with Crippen molar-refractivity contribution < 1.29 is 4.57 Å². The van der Waals surface area contributed by atoms with E-state index in [9.17, 15) is 5.41 Å². The first-order valence-corrected chi connectivity index (χ1v) is 7.40. The zero-order chi connectivity index (χ0) is 14.4. The number of nitrogens with zero attached hydrogens (tertiary/aromatic N) is 3. The smallest absolute Gasteiger partial charge is 0.263 e. The third kappa shape index (κ3) is 3.44. The van der Waals surface area contributed by atoms with Gasteiger partial charge in [-0.1, -0.05) is 18.2 Å². The molecule has 20 heavy (non-hydrogen) atoms. The van der Waals surface area contributed by atoms with Crippen LogP contribution in [0.15, 0.2) is 59.9 Å². The molecule has 0 radical (unpaired) electrons. The second-order valence-corrected chi connectivity index (χ2v) is 5.00. The molecule has 0 saturated heterocycles. The van der Waals surface area contributed by atoms with Crippen LogP contribution in [0.1, 0.15) is 5.56 Å². The Morgan fingerprint density at radius 2 is 1.95 bits per heavy atom. The van der Waals surface area contributed by atoms with Crippen molar-refractivity contribution in [1.29, 1.82) is 0 Å². The first-order chi connectivity index (χ1) is 9.74. The molecule has 0 aliphatic carbocycles. The average molecular weight is 281 g/mol. The summed E-state index contributed by atoms with van der Waals surface area (Å²) in [7, 11) is 0. The van der Waals surface area contributed by atoms with Crippen molar-refractivity contribution in [3.8, 4) is 0 Å². The van der Waals surface area contributed by atoms with Gasteiger partial charge in [0.25, 0.3) is 5.70 Å². The predicted octanol–water partition coefficient (Wildman–Crippen LogP) is 3.46. The highest BCUT2D eigenvalue weighted by molar-refractivity contribution is 8.14. The molecule has 0 aliphatic rings. The van der Waals surface area contributed by atoms with Gasteiger partial charge >= 0.3 is 0 Å². The summed E-state index contributed by atoms with van der Waals surface area (Å²) in [6.07, 6.45) is 5.72. The lowest BCUT2D eigenvalue weighted by Crippen LogP contribution is -2.35. The molecule has 0 fully saturated rings. The number of hydrogen-bond acceptors (Lipinski definition) is 2. The summed E-state index contributed by atoms with van der Waals surface area (Å²) in [6, 6.07) is 13.6. The Labute approximate surface area is 123 Å². The molecule has 2 aromatic rings. The standard InChI is InChI=1S/C16H15N3S/c1-13-7-6-10-19(12-13)15(11-17)16(20-2)18-14-8-4-3-5-9-14/h3-10,12H,1-2H3. The van der Waals surface area contributed by atoms with Gasteiger partial charge in [0.1, 0.15) is 0 Å². The minimum absolute atomic E-state index is 0.532. The van der Waals surface area contributed by atoms with E-state index >= 15 is 0 Å². The lowest BCUT2D eigenvalue weighted by atomic mass is 10.3. The minimum Gasteiger partial charge on any atom is -0.758 e. The van der Waals surface area contributed by atoms with Gasteiger partial charge in [-0.25, -0.2) is 4.99 Å². The van der Waals surface area contributed by atoms with Crippen molar-refractivity contribution in [1.82, 2.24) is 0 Å². The molecule has 3 nitrogen and oxygen atoms in total. The summed E-state index contributed by atoms with van der Waals surface area (Å²) in [6.45, 7) is 2.00.